The Morgan fingerprint density at radius 3 is 2.15 bits per heavy atom. The van der Waals surface area contributed by atoms with Gasteiger partial charge in [-0.2, -0.15) is 0 Å². The van der Waals surface area contributed by atoms with Gasteiger partial charge in [-0.1, -0.05) is 26.3 Å². The third-order valence-corrected chi connectivity index (χ3v) is 3.36. The number of hydrogen-bond acceptors (Lipinski definition) is 5. The maximum atomic E-state index is 12.0. The van der Waals surface area contributed by atoms with E-state index in [0.29, 0.717) is 19.4 Å². The topological polar surface area (TPSA) is 69.7 Å². The molecule has 0 N–H and O–H groups in total. The lowest BCUT2D eigenvalue weighted by atomic mass is 9.79. The molecule has 0 aromatic rings. The number of esters is 3. The van der Waals surface area contributed by atoms with E-state index in [1.54, 1.807) is 0 Å². The fraction of sp³-hybridized carbons (Fsp3) is 0.667. The fourth-order valence-corrected chi connectivity index (χ4v) is 2.26. The van der Waals surface area contributed by atoms with Gasteiger partial charge in [0.05, 0.1) is 18.4 Å². The SMILES string of the molecule is C=C(C)C(=O)OC(=O)C1CCCCC1C(=O)OCCC. The van der Waals surface area contributed by atoms with E-state index < -0.39 is 23.8 Å². The number of carbonyl (C=O) groups is 3. The molecule has 0 radical (unpaired) electrons. The smallest absolute Gasteiger partial charge is 0.340 e. The monoisotopic (exact) mass is 282 g/mol. The molecule has 2 atom stereocenters. The quantitative estimate of drug-likeness (QED) is 0.440. The molecule has 20 heavy (non-hydrogen) atoms. The highest BCUT2D eigenvalue weighted by atomic mass is 16.6. The van der Waals surface area contributed by atoms with Crippen molar-refractivity contribution in [1.29, 1.82) is 0 Å². The molecular weight excluding hydrogens is 260 g/mol. The summed E-state index contributed by atoms with van der Waals surface area (Å²) >= 11 is 0. The van der Waals surface area contributed by atoms with Crippen LogP contribution in [0.2, 0.25) is 0 Å². The Morgan fingerprint density at radius 2 is 1.65 bits per heavy atom. The van der Waals surface area contributed by atoms with Gasteiger partial charge in [-0.25, -0.2) is 4.79 Å². The Morgan fingerprint density at radius 1 is 1.10 bits per heavy atom. The van der Waals surface area contributed by atoms with E-state index in [1.165, 1.54) is 6.92 Å². The van der Waals surface area contributed by atoms with E-state index in [4.69, 9.17) is 9.47 Å². The predicted molar refractivity (Wildman–Crippen MR) is 72.6 cm³/mol. The number of carbonyl (C=O) groups excluding carboxylic acids is 3. The van der Waals surface area contributed by atoms with Crippen LogP contribution in [0.1, 0.15) is 46.0 Å². The second-order valence-electron chi connectivity index (χ2n) is 5.15. The van der Waals surface area contributed by atoms with Crippen LogP contribution in [-0.4, -0.2) is 24.5 Å². The second-order valence-corrected chi connectivity index (χ2v) is 5.15. The molecule has 0 heterocycles. The third kappa shape index (κ3) is 4.47. The van der Waals surface area contributed by atoms with E-state index >= 15 is 0 Å². The number of rotatable bonds is 5. The van der Waals surface area contributed by atoms with Crippen molar-refractivity contribution in [2.24, 2.45) is 11.8 Å². The van der Waals surface area contributed by atoms with E-state index in [-0.39, 0.29) is 11.5 Å². The molecule has 5 nitrogen and oxygen atoms in total. The third-order valence-electron chi connectivity index (χ3n) is 3.36. The first kappa shape index (κ1) is 16.4. The van der Waals surface area contributed by atoms with Gasteiger partial charge in [0, 0.05) is 5.57 Å². The molecule has 0 amide bonds. The molecule has 1 fully saturated rings. The summed E-state index contributed by atoms with van der Waals surface area (Å²) in [6.45, 7) is 7.16. The van der Waals surface area contributed by atoms with Crippen LogP contribution in [0.4, 0.5) is 0 Å². The first-order chi connectivity index (χ1) is 9.47. The van der Waals surface area contributed by atoms with Crippen molar-refractivity contribution in [2.75, 3.05) is 6.61 Å². The lowest BCUT2D eigenvalue weighted by Crippen LogP contribution is -2.36. The summed E-state index contributed by atoms with van der Waals surface area (Å²) in [7, 11) is 0. The Labute approximate surface area is 119 Å². The van der Waals surface area contributed by atoms with Crippen molar-refractivity contribution in [3.63, 3.8) is 0 Å². The Bertz CT molecular complexity index is 399. The molecular formula is C15H22O5. The highest BCUT2D eigenvalue weighted by Crippen LogP contribution is 2.32. The molecule has 1 aliphatic carbocycles. The van der Waals surface area contributed by atoms with Crippen LogP contribution >= 0.6 is 0 Å². The number of ether oxygens (including phenoxy) is 2. The van der Waals surface area contributed by atoms with E-state index in [0.717, 1.165) is 19.3 Å². The van der Waals surface area contributed by atoms with Crippen molar-refractivity contribution in [2.45, 2.75) is 46.0 Å². The van der Waals surface area contributed by atoms with E-state index in [1.807, 2.05) is 6.92 Å². The fourth-order valence-electron chi connectivity index (χ4n) is 2.26. The van der Waals surface area contributed by atoms with Gasteiger partial charge in [0.25, 0.3) is 0 Å². The molecule has 1 aliphatic rings. The minimum absolute atomic E-state index is 0.166. The molecule has 0 spiro atoms. The summed E-state index contributed by atoms with van der Waals surface area (Å²) in [6, 6.07) is 0. The van der Waals surface area contributed by atoms with Crippen molar-refractivity contribution in [3.8, 4) is 0 Å². The average molecular weight is 282 g/mol. The zero-order valence-electron chi connectivity index (χ0n) is 12.1. The van der Waals surface area contributed by atoms with Crippen LogP contribution in [0.25, 0.3) is 0 Å². The lowest BCUT2D eigenvalue weighted by molar-refractivity contribution is -0.168. The van der Waals surface area contributed by atoms with Crippen LogP contribution in [0.3, 0.4) is 0 Å². The largest absolute Gasteiger partial charge is 0.465 e. The molecule has 1 saturated carbocycles. The van der Waals surface area contributed by atoms with Gasteiger partial charge in [-0.05, 0) is 26.2 Å². The zero-order valence-corrected chi connectivity index (χ0v) is 12.1. The highest BCUT2D eigenvalue weighted by molar-refractivity contribution is 5.96. The normalized spacial score (nSPS) is 21.9. The lowest BCUT2D eigenvalue weighted by Gasteiger charge is -2.27. The summed E-state index contributed by atoms with van der Waals surface area (Å²) in [5.41, 5.74) is 0.166. The molecule has 2 unspecified atom stereocenters. The van der Waals surface area contributed by atoms with Gasteiger partial charge in [0.1, 0.15) is 0 Å². The zero-order chi connectivity index (χ0) is 15.1. The average Bonchev–Trinajstić information content (AvgIpc) is 2.44. The van der Waals surface area contributed by atoms with Crippen LogP contribution in [0.15, 0.2) is 12.2 Å². The van der Waals surface area contributed by atoms with Crippen LogP contribution in [0, 0.1) is 11.8 Å². The van der Waals surface area contributed by atoms with Gasteiger partial charge in [-0.3, -0.25) is 9.59 Å². The summed E-state index contributed by atoms with van der Waals surface area (Å²) in [6.07, 6.45) is 3.61. The van der Waals surface area contributed by atoms with Gasteiger partial charge >= 0.3 is 17.9 Å². The molecule has 0 saturated heterocycles. The van der Waals surface area contributed by atoms with Gasteiger partial charge in [-0.15, -0.1) is 0 Å². The van der Waals surface area contributed by atoms with E-state index in [9.17, 15) is 14.4 Å². The first-order valence-corrected chi connectivity index (χ1v) is 7.05. The van der Waals surface area contributed by atoms with Crippen LogP contribution in [0.5, 0.6) is 0 Å². The maximum absolute atomic E-state index is 12.0. The molecule has 1 rings (SSSR count). The highest BCUT2D eigenvalue weighted by Gasteiger charge is 2.38. The molecule has 0 aromatic heterocycles. The van der Waals surface area contributed by atoms with Gasteiger partial charge in [0.2, 0.25) is 0 Å². The molecule has 0 aliphatic heterocycles. The summed E-state index contributed by atoms with van der Waals surface area (Å²) < 4.78 is 9.87. The Balaban J connectivity index is 2.68. The minimum atomic E-state index is -0.735. The Kier molecular flexibility index (Phi) is 6.42. The summed E-state index contributed by atoms with van der Waals surface area (Å²) in [4.78, 5) is 35.4. The van der Waals surface area contributed by atoms with Crippen LogP contribution < -0.4 is 0 Å². The Hall–Kier alpha value is -1.65. The summed E-state index contributed by atoms with van der Waals surface area (Å²) in [5, 5.41) is 0. The van der Waals surface area contributed by atoms with Crippen molar-refractivity contribution in [3.05, 3.63) is 12.2 Å². The van der Waals surface area contributed by atoms with Crippen LogP contribution in [-0.2, 0) is 23.9 Å². The minimum Gasteiger partial charge on any atom is -0.465 e. The first-order valence-electron chi connectivity index (χ1n) is 7.05. The molecule has 0 aromatic carbocycles. The van der Waals surface area contributed by atoms with E-state index in [2.05, 4.69) is 6.58 Å². The molecule has 5 heteroatoms. The van der Waals surface area contributed by atoms with Crippen molar-refractivity contribution >= 4 is 17.9 Å². The van der Waals surface area contributed by atoms with Crippen molar-refractivity contribution < 1.29 is 23.9 Å². The molecule has 0 bridgehead atoms. The van der Waals surface area contributed by atoms with Gasteiger partial charge in [0.15, 0.2) is 0 Å². The van der Waals surface area contributed by atoms with Crippen molar-refractivity contribution in [1.82, 2.24) is 0 Å². The van der Waals surface area contributed by atoms with Gasteiger partial charge < -0.3 is 9.47 Å². The maximum Gasteiger partial charge on any atom is 0.340 e. The second kappa shape index (κ2) is 7.82. The predicted octanol–water partition coefficient (Wildman–Crippen LogP) is 2.39. The molecule has 112 valence electrons. The standard InChI is InChI=1S/C15H22O5/c1-4-9-19-14(17)11-7-5-6-8-12(11)15(18)20-13(16)10(2)3/h11-12H,2,4-9H2,1,3H3. The summed E-state index contributed by atoms with van der Waals surface area (Å²) in [5.74, 6) is -2.83. The number of hydrogen-bond donors (Lipinski definition) is 0.